The van der Waals surface area contributed by atoms with Gasteiger partial charge in [-0.15, -0.1) is 11.8 Å². The third-order valence-electron chi connectivity index (χ3n) is 3.58. The minimum Gasteiger partial charge on any atom is -0.310 e. The lowest BCUT2D eigenvalue weighted by Gasteiger charge is -2.28. The van der Waals surface area contributed by atoms with Gasteiger partial charge in [0.1, 0.15) is 5.69 Å². The molecular formula is C17H16N4O3S. The van der Waals surface area contributed by atoms with Gasteiger partial charge in [-0.2, -0.15) is 0 Å². The number of benzene rings is 1. The maximum atomic E-state index is 12.1. The molecule has 2 heterocycles. The number of thioether (sulfide) groups is 1. The number of hydrogen-bond donors (Lipinski definition) is 2. The molecule has 3 amide bonds. The van der Waals surface area contributed by atoms with Crippen LogP contribution in [0.2, 0.25) is 0 Å². The summed E-state index contributed by atoms with van der Waals surface area (Å²) >= 11 is 1.49. The van der Waals surface area contributed by atoms with Crippen molar-refractivity contribution >= 4 is 35.2 Å². The largest absolute Gasteiger partial charge is 0.310 e. The van der Waals surface area contributed by atoms with Crippen molar-refractivity contribution in [2.24, 2.45) is 0 Å². The molecule has 0 radical (unpaired) electrons. The van der Waals surface area contributed by atoms with Crippen LogP contribution in [0.5, 0.6) is 0 Å². The van der Waals surface area contributed by atoms with Gasteiger partial charge in [0.25, 0.3) is 5.91 Å². The molecule has 7 nitrogen and oxygen atoms in total. The van der Waals surface area contributed by atoms with Gasteiger partial charge in [0, 0.05) is 24.1 Å². The fourth-order valence-electron chi connectivity index (χ4n) is 2.36. The molecule has 2 aromatic rings. The molecular weight excluding hydrogens is 340 g/mol. The van der Waals surface area contributed by atoms with Crippen molar-refractivity contribution in [3.8, 4) is 0 Å². The molecule has 1 aliphatic rings. The predicted molar refractivity (Wildman–Crippen MR) is 94.0 cm³/mol. The Morgan fingerprint density at radius 1 is 1.12 bits per heavy atom. The summed E-state index contributed by atoms with van der Waals surface area (Å²) in [7, 11) is 0. The Labute approximate surface area is 148 Å². The first-order valence-electron chi connectivity index (χ1n) is 7.67. The third kappa shape index (κ3) is 4.16. The molecule has 2 N–H and O–H groups in total. The molecule has 25 heavy (non-hydrogen) atoms. The van der Waals surface area contributed by atoms with Crippen molar-refractivity contribution in [3.05, 3.63) is 54.4 Å². The summed E-state index contributed by atoms with van der Waals surface area (Å²) < 4.78 is 0. The van der Waals surface area contributed by atoms with Gasteiger partial charge in [-0.3, -0.25) is 30.2 Å². The standard InChI is InChI=1S/C17H16N4O3S/c22-15(19-20-17(24)12-5-3-4-9-18-12)8-10-21-13-6-1-2-7-14(13)25-11-16(21)23/h1-7,9H,8,10-11H2,(H,19,22)(H,20,24). The molecule has 1 aromatic heterocycles. The minimum absolute atomic E-state index is 0.0333. The second-order valence-corrected chi connectivity index (χ2v) is 6.29. The first kappa shape index (κ1) is 17.0. The van der Waals surface area contributed by atoms with Crippen LogP contribution in [0.25, 0.3) is 0 Å². The molecule has 1 aliphatic heterocycles. The van der Waals surface area contributed by atoms with E-state index in [4.69, 9.17) is 0 Å². The van der Waals surface area contributed by atoms with Crippen LogP contribution in [0.3, 0.4) is 0 Å². The normalized spacial score (nSPS) is 13.1. The molecule has 0 atom stereocenters. The van der Waals surface area contributed by atoms with Crippen molar-refractivity contribution < 1.29 is 14.4 Å². The van der Waals surface area contributed by atoms with E-state index in [1.165, 1.54) is 18.0 Å². The summed E-state index contributed by atoms with van der Waals surface area (Å²) in [6.45, 7) is 0.252. The Kier molecular flexibility index (Phi) is 5.30. The Balaban J connectivity index is 1.53. The molecule has 0 bridgehead atoms. The Morgan fingerprint density at radius 3 is 2.72 bits per heavy atom. The van der Waals surface area contributed by atoms with E-state index in [0.29, 0.717) is 5.75 Å². The molecule has 1 aromatic carbocycles. The highest BCUT2D eigenvalue weighted by atomic mass is 32.2. The second-order valence-electron chi connectivity index (χ2n) is 5.27. The third-order valence-corrected chi connectivity index (χ3v) is 4.63. The SMILES string of the molecule is O=C(CCN1C(=O)CSc2ccccc21)NNC(=O)c1ccccn1. The number of rotatable bonds is 4. The van der Waals surface area contributed by atoms with E-state index in [1.54, 1.807) is 23.1 Å². The maximum absolute atomic E-state index is 12.1. The zero-order valence-corrected chi connectivity index (χ0v) is 14.1. The molecule has 128 valence electrons. The van der Waals surface area contributed by atoms with Crippen molar-refractivity contribution in [1.82, 2.24) is 15.8 Å². The number of pyridine rings is 1. The zero-order chi connectivity index (χ0) is 17.6. The quantitative estimate of drug-likeness (QED) is 0.808. The summed E-state index contributed by atoms with van der Waals surface area (Å²) in [6, 6.07) is 12.5. The van der Waals surface area contributed by atoms with Gasteiger partial charge >= 0.3 is 0 Å². The zero-order valence-electron chi connectivity index (χ0n) is 13.3. The van der Waals surface area contributed by atoms with Crippen molar-refractivity contribution in [2.45, 2.75) is 11.3 Å². The first-order chi connectivity index (χ1) is 12.1. The lowest BCUT2D eigenvalue weighted by molar-refractivity contribution is -0.121. The highest BCUT2D eigenvalue weighted by Gasteiger charge is 2.24. The van der Waals surface area contributed by atoms with E-state index in [0.717, 1.165) is 10.6 Å². The van der Waals surface area contributed by atoms with Gasteiger partial charge in [0.2, 0.25) is 11.8 Å². The Bertz CT molecular complexity index is 797. The van der Waals surface area contributed by atoms with Gasteiger partial charge in [0.15, 0.2) is 0 Å². The topological polar surface area (TPSA) is 91.4 Å². The van der Waals surface area contributed by atoms with E-state index in [2.05, 4.69) is 15.8 Å². The number of carbonyl (C=O) groups is 3. The number of hydrogen-bond acceptors (Lipinski definition) is 5. The lowest BCUT2D eigenvalue weighted by atomic mass is 10.2. The number of nitrogens with one attached hydrogen (secondary N) is 2. The van der Waals surface area contributed by atoms with Crippen LogP contribution in [-0.4, -0.2) is 35.0 Å². The summed E-state index contributed by atoms with van der Waals surface area (Å²) in [4.78, 5) is 42.4. The molecule has 8 heteroatoms. The number of fused-ring (bicyclic) bond motifs is 1. The van der Waals surface area contributed by atoms with Crippen LogP contribution in [-0.2, 0) is 9.59 Å². The summed E-state index contributed by atoms with van der Waals surface area (Å²) in [5.41, 5.74) is 5.67. The molecule has 0 fully saturated rings. The van der Waals surface area contributed by atoms with Crippen molar-refractivity contribution in [1.29, 1.82) is 0 Å². The fraction of sp³-hybridized carbons (Fsp3) is 0.176. The molecule has 0 aliphatic carbocycles. The number of amides is 3. The molecule has 0 saturated carbocycles. The van der Waals surface area contributed by atoms with Crippen LogP contribution in [0.4, 0.5) is 5.69 Å². The summed E-state index contributed by atoms with van der Waals surface area (Å²) in [5, 5.41) is 0. The van der Waals surface area contributed by atoms with E-state index >= 15 is 0 Å². The predicted octanol–water partition coefficient (Wildman–Crippen LogP) is 1.37. The van der Waals surface area contributed by atoms with Gasteiger partial charge in [-0.1, -0.05) is 18.2 Å². The van der Waals surface area contributed by atoms with E-state index in [9.17, 15) is 14.4 Å². The monoisotopic (exact) mass is 356 g/mol. The average Bonchev–Trinajstić information content (AvgIpc) is 2.66. The smallest absolute Gasteiger partial charge is 0.288 e. The summed E-state index contributed by atoms with van der Waals surface area (Å²) in [5.74, 6) is -0.554. The molecule has 3 rings (SSSR count). The van der Waals surface area contributed by atoms with Crippen molar-refractivity contribution in [2.75, 3.05) is 17.2 Å². The van der Waals surface area contributed by atoms with Crippen LogP contribution in [0.1, 0.15) is 16.9 Å². The van der Waals surface area contributed by atoms with Crippen LogP contribution >= 0.6 is 11.8 Å². The van der Waals surface area contributed by atoms with E-state index in [1.807, 2.05) is 24.3 Å². The summed E-state index contributed by atoms with van der Waals surface area (Å²) in [6.07, 6.45) is 1.57. The first-order valence-corrected chi connectivity index (χ1v) is 8.66. The number of para-hydroxylation sites is 1. The molecule has 0 unspecified atom stereocenters. The molecule has 0 saturated heterocycles. The average molecular weight is 356 g/mol. The molecule has 0 spiro atoms. The second kappa shape index (κ2) is 7.80. The van der Waals surface area contributed by atoms with E-state index < -0.39 is 5.91 Å². The van der Waals surface area contributed by atoms with Gasteiger partial charge < -0.3 is 4.90 Å². The van der Waals surface area contributed by atoms with Crippen LogP contribution in [0, 0.1) is 0 Å². The van der Waals surface area contributed by atoms with Gasteiger partial charge in [-0.05, 0) is 24.3 Å². The van der Waals surface area contributed by atoms with Gasteiger partial charge in [0.05, 0.1) is 11.4 Å². The fourth-order valence-corrected chi connectivity index (χ4v) is 3.30. The number of anilines is 1. The van der Waals surface area contributed by atoms with Gasteiger partial charge in [-0.25, -0.2) is 0 Å². The Morgan fingerprint density at radius 2 is 1.92 bits per heavy atom. The number of hydrazine groups is 1. The maximum Gasteiger partial charge on any atom is 0.288 e. The van der Waals surface area contributed by atoms with E-state index in [-0.39, 0.29) is 30.5 Å². The lowest BCUT2D eigenvalue weighted by Crippen LogP contribution is -2.44. The van der Waals surface area contributed by atoms with Crippen molar-refractivity contribution in [3.63, 3.8) is 0 Å². The Hall–Kier alpha value is -2.87. The number of nitrogens with zero attached hydrogens (tertiary/aromatic N) is 2. The highest BCUT2D eigenvalue weighted by Crippen LogP contribution is 2.34. The highest BCUT2D eigenvalue weighted by molar-refractivity contribution is 8.00. The number of aromatic nitrogens is 1. The number of carbonyl (C=O) groups excluding carboxylic acids is 3. The minimum atomic E-state index is -0.496. The van der Waals surface area contributed by atoms with Crippen LogP contribution < -0.4 is 15.8 Å². The van der Waals surface area contributed by atoms with Crippen LogP contribution in [0.15, 0.2) is 53.6 Å².